The first-order valence-electron chi connectivity index (χ1n) is 8.48. The van der Waals surface area contributed by atoms with Crippen LogP contribution in [0.4, 0.5) is 10.1 Å². The first kappa shape index (κ1) is 19.3. The number of anilines is 1. The van der Waals surface area contributed by atoms with Gasteiger partial charge in [0.2, 0.25) is 5.91 Å². The summed E-state index contributed by atoms with van der Waals surface area (Å²) in [6.45, 7) is 0.196. The molecule has 28 heavy (non-hydrogen) atoms. The standard InChI is InChI=1S/C20H18FNO6/c1-26-19(24)11-8-12(20(25)27-2)10-13(9-11)22-18(23)15-6-7-28-17-14(15)4-3-5-16(17)21/h3-5,8-10,15H,6-7H2,1-2H3,(H,22,23). The number of rotatable bonds is 4. The van der Waals surface area contributed by atoms with E-state index >= 15 is 0 Å². The van der Waals surface area contributed by atoms with Crippen LogP contribution in [0.3, 0.4) is 0 Å². The van der Waals surface area contributed by atoms with Gasteiger partial charge >= 0.3 is 11.9 Å². The number of ether oxygens (including phenoxy) is 3. The molecule has 1 atom stereocenters. The zero-order valence-corrected chi connectivity index (χ0v) is 15.3. The van der Waals surface area contributed by atoms with Crippen LogP contribution in [-0.2, 0) is 14.3 Å². The molecule has 0 saturated heterocycles. The van der Waals surface area contributed by atoms with Crippen molar-refractivity contribution in [3.05, 3.63) is 58.9 Å². The Labute approximate surface area is 160 Å². The van der Waals surface area contributed by atoms with Crippen LogP contribution < -0.4 is 10.1 Å². The summed E-state index contributed by atoms with van der Waals surface area (Å²) in [5, 5.41) is 2.68. The van der Waals surface area contributed by atoms with Gasteiger partial charge in [0.25, 0.3) is 0 Å². The lowest BCUT2D eigenvalue weighted by molar-refractivity contribution is -0.118. The maximum Gasteiger partial charge on any atom is 0.337 e. The average Bonchev–Trinajstić information content (AvgIpc) is 2.72. The van der Waals surface area contributed by atoms with E-state index < -0.39 is 29.6 Å². The van der Waals surface area contributed by atoms with Crippen LogP contribution >= 0.6 is 0 Å². The van der Waals surface area contributed by atoms with E-state index in [0.29, 0.717) is 12.0 Å². The Bertz CT molecular complexity index is 908. The monoisotopic (exact) mass is 387 g/mol. The minimum Gasteiger partial charge on any atom is -0.490 e. The predicted molar refractivity (Wildman–Crippen MR) is 97.0 cm³/mol. The molecule has 1 unspecified atom stereocenters. The van der Waals surface area contributed by atoms with Crippen molar-refractivity contribution in [3.63, 3.8) is 0 Å². The van der Waals surface area contributed by atoms with Gasteiger partial charge in [-0.1, -0.05) is 12.1 Å². The van der Waals surface area contributed by atoms with Gasteiger partial charge in [0, 0.05) is 11.3 Å². The van der Waals surface area contributed by atoms with Crippen molar-refractivity contribution in [2.45, 2.75) is 12.3 Å². The van der Waals surface area contributed by atoms with E-state index in [2.05, 4.69) is 14.8 Å². The molecule has 0 aromatic heterocycles. The van der Waals surface area contributed by atoms with Crippen molar-refractivity contribution >= 4 is 23.5 Å². The fraction of sp³-hybridized carbons (Fsp3) is 0.250. The van der Waals surface area contributed by atoms with Crippen LogP contribution in [0.5, 0.6) is 5.75 Å². The van der Waals surface area contributed by atoms with E-state index in [0.717, 1.165) is 0 Å². The predicted octanol–water partition coefficient (Wildman–Crippen LogP) is 2.90. The first-order chi connectivity index (χ1) is 13.4. The summed E-state index contributed by atoms with van der Waals surface area (Å²) in [6, 6.07) is 8.50. The summed E-state index contributed by atoms with van der Waals surface area (Å²) >= 11 is 0. The molecular weight excluding hydrogens is 369 g/mol. The molecule has 0 spiro atoms. The highest BCUT2D eigenvalue weighted by atomic mass is 19.1. The molecule has 2 aromatic carbocycles. The molecule has 0 fully saturated rings. The van der Waals surface area contributed by atoms with Crippen molar-refractivity contribution < 1.29 is 33.0 Å². The minimum atomic E-state index is -0.667. The van der Waals surface area contributed by atoms with Gasteiger partial charge < -0.3 is 19.5 Å². The number of carbonyl (C=O) groups excluding carboxylic acids is 3. The highest BCUT2D eigenvalue weighted by Gasteiger charge is 2.30. The summed E-state index contributed by atoms with van der Waals surface area (Å²) in [4.78, 5) is 36.6. The summed E-state index contributed by atoms with van der Waals surface area (Å²) in [5.74, 6) is -2.85. The molecule has 0 bridgehead atoms. The lowest BCUT2D eigenvalue weighted by Gasteiger charge is -2.25. The average molecular weight is 387 g/mol. The van der Waals surface area contributed by atoms with Crippen molar-refractivity contribution in [3.8, 4) is 5.75 Å². The summed E-state index contributed by atoms with van der Waals surface area (Å²) in [5.41, 5.74) is 0.831. The fourth-order valence-electron chi connectivity index (χ4n) is 3.06. The van der Waals surface area contributed by atoms with Gasteiger partial charge in [-0.3, -0.25) is 4.79 Å². The minimum absolute atomic E-state index is 0.0625. The van der Waals surface area contributed by atoms with Gasteiger partial charge in [-0.05, 0) is 30.7 Å². The largest absolute Gasteiger partial charge is 0.490 e. The zero-order valence-electron chi connectivity index (χ0n) is 15.3. The molecule has 1 aliphatic rings. The molecule has 3 rings (SSSR count). The Balaban J connectivity index is 1.91. The molecule has 1 N–H and O–H groups in total. The Kier molecular flexibility index (Phi) is 5.58. The van der Waals surface area contributed by atoms with Crippen LogP contribution in [0, 0.1) is 5.82 Å². The number of para-hydroxylation sites is 1. The molecule has 8 heteroatoms. The molecule has 0 saturated carbocycles. The molecule has 146 valence electrons. The number of fused-ring (bicyclic) bond motifs is 1. The number of carbonyl (C=O) groups is 3. The van der Waals surface area contributed by atoms with E-state index in [9.17, 15) is 18.8 Å². The molecule has 1 heterocycles. The van der Waals surface area contributed by atoms with Crippen LogP contribution in [-0.4, -0.2) is 38.7 Å². The van der Waals surface area contributed by atoms with E-state index in [1.54, 1.807) is 6.07 Å². The normalized spacial score (nSPS) is 15.0. The lowest BCUT2D eigenvalue weighted by atomic mass is 9.92. The van der Waals surface area contributed by atoms with Gasteiger partial charge in [-0.25, -0.2) is 14.0 Å². The van der Waals surface area contributed by atoms with Gasteiger partial charge in [0.1, 0.15) is 0 Å². The van der Waals surface area contributed by atoms with Gasteiger partial charge in [-0.2, -0.15) is 0 Å². The van der Waals surface area contributed by atoms with E-state index in [1.165, 1.54) is 44.6 Å². The van der Waals surface area contributed by atoms with Crippen LogP contribution in [0.1, 0.15) is 38.6 Å². The molecule has 2 aromatic rings. The molecule has 0 aliphatic carbocycles. The maximum atomic E-state index is 13.9. The Morgan fingerprint density at radius 3 is 2.32 bits per heavy atom. The van der Waals surface area contributed by atoms with Crippen molar-refractivity contribution in [1.82, 2.24) is 0 Å². The Morgan fingerprint density at radius 1 is 1.07 bits per heavy atom. The number of hydrogen-bond donors (Lipinski definition) is 1. The molecule has 1 aliphatic heterocycles. The van der Waals surface area contributed by atoms with Crippen LogP contribution in [0.15, 0.2) is 36.4 Å². The van der Waals surface area contributed by atoms with Crippen LogP contribution in [0.2, 0.25) is 0 Å². The van der Waals surface area contributed by atoms with E-state index in [-0.39, 0.29) is 29.2 Å². The van der Waals surface area contributed by atoms with Gasteiger partial charge in [0.05, 0.1) is 37.9 Å². The highest BCUT2D eigenvalue weighted by molar-refractivity contribution is 6.01. The van der Waals surface area contributed by atoms with Crippen molar-refractivity contribution in [2.75, 3.05) is 26.1 Å². The Hall–Kier alpha value is -3.42. The molecule has 7 nitrogen and oxygen atoms in total. The number of nitrogens with one attached hydrogen (secondary N) is 1. The number of methoxy groups -OCH3 is 2. The van der Waals surface area contributed by atoms with Gasteiger partial charge in [-0.15, -0.1) is 0 Å². The number of benzene rings is 2. The second kappa shape index (κ2) is 8.08. The zero-order chi connectivity index (χ0) is 20.3. The topological polar surface area (TPSA) is 90.9 Å². The Morgan fingerprint density at radius 2 is 1.71 bits per heavy atom. The fourth-order valence-corrected chi connectivity index (χ4v) is 3.06. The maximum absolute atomic E-state index is 13.9. The smallest absolute Gasteiger partial charge is 0.337 e. The summed E-state index contributed by atoms with van der Waals surface area (Å²) < 4.78 is 28.6. The second-order valence-electron chi connectivity index (χ2n) is 6.12. The van der Waals surface area contributed by atoms with Crippen LogP contribution in [0.25, 0.3) is 0 Å². The molecule has 0 radical (unpaired) electrons. The summed E-state index contributed by atoms with van der Waals surface area (Å²) in [7, 11) is 2.41. The van der Waals surface area contributed by atoms with E-state index in [1.807, 2.05) is 0 Å². The number of hydrogen-bond acceptors (Lipinski definition) is 6. The third-order valence-electron chi connectivity index (χ3n) is 4.39. The van der Waals surface area contributed by atoms with Gasteiger partial charge in [0.15, 0.2) is 11.6 Å². The number of esters is 2. The van der Waals surface area contributed by atoms with Crippen molar-refractivity contribution in [1.29, 1.82) is 0 Å². The highest BCUT2D eigenvalue weighted by Crippen LogP contribution is 2.36. The first-order valence-corrected chi connectivity index (χ1v) is 8.48. The molecule has 1 amide bonds. The molecular formula is C20H18FNO6. The third-order valence-corrected chi connectivity index (χ3v) is 4.39. The van der Waals surface area contributed by atoms with Crippen molar-refractivity contribution in [2.24, 2.45) is 0 Å². The third kappa shape index (κ3) is 3.80. The lowest BCUT2D eigenvalue weighted by Crippen LogP contribution is -2.27. The summed E-state index contributed by atoms with van der Waals surface area (Å²) in [6.07, 6.45) is 0.364. The van der Waals surface area contributed by atoms with E-state index in [4.69, 9.17) is 4.74 Å². The SMILES string of the molecule is COC(=O)c1cc(NC(=O)C2CCOc3c(F)cccc32)cc(C(=O)OC)c1. The second-order valence-corrected chi connectivity index (χ2v) is 6.12. The quantitative estimate of drug-likeness (QED) is 0.812. The number of amides is 1. The number of halogens is 1.